The molecule has 0 saturated carbocycles. The number of imide groups is 1. The highest BCUT2D eigenvalue weighted by atomic mass is 32.1. The molecular formula is C13H9N3O2S. The van der Waals surface area contributed by atoms with Gasteiger partial charge in [0.1, 0.15) is 5.01 Å². The molecule has 0 spiro atoms. The predicted molar refractivity (Wildman–Crippen MR) is 69.1 cm³/mol. The third kappa shape index (κ3) is 1.88. The molecule has 2 amide bonds. The molecule has 1 aromatic heterocycles. The molecule has 19 heavy (non-hydrogen) atoms. The van der Waals surface area contributed by atoms with Gasteiger partial charge in [-0.15, -0.1) is 11.3 Å². The summed E-state index contributed by atoms with van der Waals surface area (Å²) in [5.74, 6) is -0.591. The van der Waals surface area contributed by atoms with Crippen molar-refractivity contribution in [3.05, 3.63) is 29.3 Å². The van der Waals surface area contributed by atoms with E-state index in [1.165, 1.54) is 11.3 Å². The molecule has 1 unspecified atom stereocenters. The van der Waals surface area contributed by atoms with E-state index in [-0.39, 0.29) is 24.7 Å². The van der Waals surface area contributed by atoms with Crippen LogP contribution in [-0.4, -0.2) is 21.7 Å². The predicted octanol–water partition coefficient (Wildman–Crippen LogP) is 2.01. The Labute approximate surface area is 113 Å². The van der Waals surface area contributed by atoms with Gasteiger partial charge in [0.15, 0.2) is 6.04 Å². The number of fused-ring (bicyclic) bond motifs is 1. The number of rotatable bonds is 2. The van der Waals surface area contributed by atoms with Crippen molar-refractivity contribution in [2.24, 2.45) is 0 Å². The molecule has 6 heteroatoms. The van der Waals surface area contributed by atoms with Crippen LogP contribution in [0.2, 0.25) is 0 Å². The molecule has 3 rings (SSSR count). The van der Waals surface area contributed by atoms with E-state index in [0.717, 1.165) is 15.1 Å². The van der Waals surface area contributed by atoms with Gasteiger partial charge in [0.25, 0.3) is 0 Å². The Bertz CT molecular complexity index is 667. The molecule has 0 N–H and O–H groups in total. The molecule has 1 aliphatic heterocycles. The van der Waals surface area contributed by atoms with Crippen molar-refractivity contribution in [3.63, 3.8) is 0 Å². The van der Waals surface area contributed by atoms with E-state index in [9.17, 15) is 14.9 Å². The van der Waals surface area contributed by atoms with Gasteiger partial charge in [0.2, 0.25) is 11.8 Å². The number of thiazole rings is 1. The lowest BCUT2D eigenvalue weighted by atomic mass is 10.3. The Hall–Kier alpha value is -2.26. The topological polar surface area (TPSA) is 74.1 Å². The van der Waals surface area contributed by atoms with Crippen LogP contribution in [0.4, 0.5) is 0 Å². The molecule has 1 atom stereocenters. The fourth-order valence-electron chi connectivity index (χ4n) is 2.11. The van der Waals surface area contributed by atoms with Crippen molar-refractivity contribution >= 4 is 33.4 Å². The second kappa shape index (κ2) is 4.44. The number of nitrogens with zero attached hydrogens (tertiary/aromatic N) is 3. The lowest BCUT2D eigenvalue weighted by Crippen LogP contribution is -2.32. The molecule has 0 radical (unpaired) electrons. The maximum atomic E-state index is 11.7. The van der Waals surface area contributed by atoms with Crippen molar-refractivity contribution in [2.75, 3.05) is 0 Å². The molecule has 1 aliphatic rings. The standard InChI is InChI=1S/C13H9N3O2S/c14-7-9(16-11(17)5-6-12(16)18)13-15-8-3-1-2-4-10(8)19-13/h1-4,9H,5-6H2. The van der Waals surface area contributed by atoms with Crippen LogP contribution in [0.3, 0.4) is 0 Å². The zero-order valence-corrected chi connectivity index (χ0v) is 10.7. The molecule has 2 heterocycles. The summed E-state index contributed by atoms with van der Waals surface area (Å²) in [5, 5.41) is 9.76. The van der Waals surface area contributed by atoms with Gasteiger partial charge in [0.05, 0.1) is 16.3 Å². The van der Waals surface area contributed by atoms with Crippen LogP contribution in [0.25, 0.3) is 10.2 Å². The monoisotopic (exact) mass is 271 g/mol. The lowest BCUT2D eigenvalue weighted by molar-refractivity contribution is -0.140. The van der Waals surface area contributed by atoms with E-state index in [2.05, 4.69) is 4.98 Å². The molecule has 1 aromatic carbocycles. The van der Waals surface area contributed by atoms with Gasteiger partial charge in [-0.2, -0.15) is 5.26 Å². The van der Waals surface area contributed by atoms with E-state index in [4.69, 9.17) is 0 Å². The smallest absolute Gasteiger partial charge is 0.231 e. The number of para-hydroxylation sites is 1. The Morgan fingerprint density at radius 2 is 1.95 bits per heavy atom. The average molecular weight is 271 g/mol. The molecule has 0 bridgehead atoms. The molecule has 2 aromatic rings. The maximum absolute atomic E-state index is 11.7. The number of benzene rings is 1. The third-order valence-corrected chi connectivity index (χ3v) is 4.10. The van der Waals surface area contributed by atoms with Gasteiger partial charge >= 0.3 is 0 Å². The van der Waals surface area contributed by atoms with Crippen LogP contribution < -0.4 is 0 Å². The van der Waals surface area contributed by atoms with Crippen LogP contribution in [0, 0.1) is 11.3 Å². The van der Waals surface area contributed by atoms with Gasteiger partial charge in [-0.1, -0.05) is 12.1 Å². The largest absolute Gasteiger partial charge is 0.274 e. The van der Waals surface area contributed by atoms with Gasteiger partial charge in [-0.25, -0.2) is 4.98 Å². The van der Waals surface area contributed by atoms with E-state index >= 15 is 0 Å². The van der Waals surface area contributed by atoms with Crippen molar-refractivity contribution in [2.45, 2.75) is 18.9 Å². The lowest BCUT2D eigenvalue weighted by Gasteiger charge is -2.17. The number of carbonyl (C=O) groups is 2. The minimum absolute atomic E-state index is 0.182. The molecule has 1 fully saturated rings. The summed E-state index contributed by atoms with van der Waals surface area (Å²) >= 11 is 1.34. The summed E-state index contributed by atoms with van der Waals surface area (Å²) in [4.78, 5) is 28.8. The van der Waals surface area contributed by atoms with Gasteiger partial charge < -0.3 is 0 Å². The summed E-state index contributed by atoms with van der Waals surface area (Å²) in [6.07, 6.45) is 0.365. The van der Waals surface area contributed by atoms with Gasteiger partial charge in [-0.3, -0.25) is 14.5 Å². The van der Waals surface area contributed by atoms with E-state index in [1.54, 1.807) is 0 Å². The Morgan fingerprint density at radius 3 is 2.58 bits per heavy atom. The fraction of sp³-hybridized carbons (Fsp3) is 0.231. The van der Waals surface area contributed by atoms with Crippen molar-refractivity contribution < 1.29 is 9.59 Å². The zero-order chi connectivity index (χ0) is 13.4. The summed E-state index contributed by atoms with van der Waals surface area (Å²) in [6, 6.07) is 8.60. The van der Waals surface area contributed by atoms with Crippen LogP contribution in [0.5, 0.6) is 0 Å². The number of hydrogen-bond donors (Lipinski definition) is 0. The third-order valence-electron chi connectivity index (χ3n) is 3.01. The van der Waals surface area contributed by atoms with Crippen LogP contribution in [0.15, 0.2) is 24.3 Å². The highest BCUT2D eigenvalue weighted by Crippen LogP contribution is 2.32. The number of amides is 2. The SMILES string of the molecule is N#CC(c1nc2ccccc2s1)N1C(=O)CCC1=O. The van der Waals surface area contributed by atoms with Crippen molar-refractivity contribution in [1.82, 2.24) is 9.88 Å². The molecule has 0 aliphatic carbocycles. The molecule has 1 saturated heterocycles. The highest BCUT2D eigenvalue weighted by molar-refractivity contribution is 7.18. The number of hydrogen-bond acceptors (Lipinski definition) is 5. The minimum atomic E-state index is -0.903. The first-order valence-corrected chi connectivity index (χ1v) is 6.62. The summed E-state index contributed by atoms with van der Waals surface area (Å²) in [6.45, 7) is 0. The summed E-state index contributed by atoms with van der Waals surface area (Å²) < 4.78 is 0.942. The molecular weight excluding hydrogens is 262 g/mol. The van der Waals surface area contributed by atoms with Crippen molar-refractivity contribution in [1.29, 1.82) is 5.26 Å². The second-order valence-electron chi connectivity index (χ2n) is 4.21. The van der Waals surface area contributed by atoms with E-state index in [0.29, 0.717) is 5.01 Å². The number of carbonyl (C=O) groups excluding carboxylic acids is 2. The molecule has 5 nitrogen and oxygen atoms in total. The minimum Gasteiger partial charge on any atom is -0.274 e. The first-order valence-electron chi connectivity index (χ1n) is 5.80. The summed E-state index contributed by atoms with van der Waals surface area (Å²) in [5.41, 5.74) is 0.779. The number of nitriles is 1. The second-order valence-corrected chi connectivity index (χ2v) is 5.27. The zero-order valence-electron chi connectivity index (χ0n) is 9.87. The number of aromatic nitrogens is 1. The van der Waals surface area contributed by atoms with E-state index < -0.39 is 6.04 Å². The van der Waals surface area contributed by atoms with Crippen LogP contribution in [-0.2, 0) is 9.59 Å². The van der Waals surface area contributed by atoms with Gasteiger partial charge in [0, 0.05) is 12.8 Å². The highest BCUT2D eigenvalue weighted by Gasteiger charge is 2.37. The Kier molecular flexibility index (Phi) is 2.76. The van der Waals surface area contributed by atoms with Crippen LogP contribution >= 0.6 is 11.3 Å². The first kappa shape index (κ1) is 11.8. The number of likely N-dealkylation sites (tertiary alicyclic amines) is 1. The van der Waals surface area contributed by atoms with Gasteiger partial charge in [-0.05, 0) is 12.1 Å². The fourth-order valence-corrected chi connectivity index (χ4v) is 3.12. The quantitative estimate of drug-likeness (QED) is 0.783. The normalized spacial score (nSPS) is 16.9. The first-order chi connectivity index (χ1) is 9.20. The van der Waals surface area contributed by atoms with Crippen molar-refractivity contribution in [3.8, 4) is 6.07 Å². The average Bonchev–Trinajstić information content (AvgIpc) is 2.97. The Morgan fingerprint density at radius 1 is 1.26 bits per heavy atom. The van der Waals surface area contributed by atoms with Crippen LogP contribution in [0.1, 0.15) is 23.9 Å². The summed E-state index contributed by atoms with van der Waals surface area (Å²) in [7, 11) is 0. The van der Waals surface area contributed by atoms with E-state index in [1.807, 2.05) is 30.3 Å². The molecule has 94 valence electrons. The Balaban J connectivity index is 2.05. The maximum Gasteiger partial charge on any atom is 0.231 e.